The Balaban J connectivity index is 0.00000200. The van der Waals surface area contributed by atoms with Crippen LogP contribution in [0.1, 0.15) is 44.2 Å². The lowest BCUT2D eigenvalue weighted by molar-refractivity contribution is -0.00000566. The Kier molecular flexibility index (Phi) is 6.77. The predicted molar refractivity (Wildman–Crippen MR) is 76.0 cm³/mol. The van der Waals surface area contributed by atoms with Crippen molar-refractivity contribution in [3.05, 3.63) is 29.1 Å². The van der Waals surface area contributed by atoms with Crippen molar-refractivity contribution in [3.63, 3.8) is 0 Å². The zero-order chi connectivity index (χ0) is 13.8. The van der Waals surface area contributed by atoms with Crippen LogP contribution in [0.3, 0.4) is 0 Å². The second kappa shape index (κ2) is 7.84. The molecule has 1 atom stereocenters. The molecule has 0 saturated carbocycles. The van der Waals surface area contributed by atoms with Crippen LogP contribution in [0.5, 0.6) is 5.75 Å². The quantitative estimate of drug-likeness (QED) is 0.857. The van der Waals surface area contributed by atoms with E-state index in [1.54, 1.807) is 0 Å². The van der Waals surface area contributed by atoms with Crippen LogP contribution >= 0.6 is 0 Å². The fourth-order valence-corrected chi connectivity index (χ4v) is 3.16. The fourth-order valence-electron chi connectivity index (χ4n) is 3.16. The number of aromatic hydroxyl groups is 1. The lowest BCUT2D eigenvalue weighted by Gasteiger charge is -2.35. The third-order valence-electron chi connectivity index (χ3n) is 4.05. The number of hydrogen-bond acceptors (Lipinski definition) is 2. The molecular weight excluding hydrogens is 277 g/mol. The van der Waals surface area contributed by atoms with Crippen molar-refractivity contribution < 1.29 is 21.9 Å². The van der Waals surface area contributed by atoms with Gasteiger partial charge in [0.15, 0.2) is 0 Å². The molecule has 1 N–H and O–H groups in total. The van der Waals surface area contributed by atoms with Crippen LogP contribution in [0, 0.1) is 5.82 Å². The molecule has 0 spiro atoms. The Hall–Kier alpha value is -0.800. The number of rotatable bonds is 5. The molecule has 20 heavy (non-hydrogen) atoms. The van der Waals surface area contributed by atoms with E-state index in [1.165, 1.54) is 12.1 Å². The minimum atomic E-state index is -0.163. The van der Waals surface area contributed by atoms with E-state index in [9.17, 15) is 9.50 Å². The smallest absolute Gasteiger partial charge is 0.126 e. The van der Waals surface area contributed by atoms with Gasteiger partial charge in [0.2, 0.25) is 0 Å². The lowest BCUT2D eigenvalue weighted by Crippen LogP contribution is -3.00. The highest BCUT2D eigenvalue weighted by Gasteiger charge is 2.27. The summed E-state index contributed by atoms with van der Waals surface area (Å²) in [7, 11) is 0. The minimum absolute atomic E-state index is 0. The molecule has 2 nitrogen and oxygen atoms in total. The second-order valence-corrected chi connectivity index (χ2v) is 5.46. The van der Waals surface area contributed by atoms with Gasteiger partial charge >= 0.3 is 0 Å². The summed E-state index contributed by atoms with van der Waals surface area (Å²) >= 11 is 0. The molecule has 0 bridgehead atoms. The summed E-state index contributed by atoms with van der Waals surface area (Å²) in [5.74, 6) is 0.0952. The van der Waals surface area contributed by atoms with Crippen LogP contribution in [0.4, 0.5) is 4.39 Å². The summed E-state index contributed by atoms with van der Waals surface area (Å²) in [6.07, 6.45) is 4.79. The van der Waals surface area contributed by atoms with Crippen LogP contribution in [-0.2, 0) is 12.8 Å². The van der Waals surface area contributed by atoms with Gasteiger partial charge in [-0.05, 0) is 62.9 Å². The van der Waals surface area contributed by atoms with Gasteiger partial charge in [-0.3, -0.25) is 0 Å². The Bertz CT molecular complexity index is 433. The van der Waals surface area contributed by atoms with Crippen LogP contribution in [0.15, 0.2) is 12.1 Å². The first-order chi connectivity index (χ1) is 9.17. The third kappa shape index (κ3) is 3.64. The van der Waals surface area contributed by atoms with E-state index < -0.39 is 0 Å². The van der Waals surface area contributed by atoms with Crippen LogP contribution < -0.4 is 12.4 Å². The van der Waals surface area contributed by atoms with E-state index >= 15 is 0 Å². The van der Waals surface area contributed by atoms with Crippen LogP contribution in [0.25, 0.3) is 0 Å². The Morgan fingerprint density at radius 1 is 1.20 bits per heavy atom. The number of phenols is 1. The molecule has 0 amide bonds. The Morgan fingerprint density at radius 2 is 1.85 bits per heavy atom. The fraction of sp³-hybridized carbons (Fsp3) is 0.625. The van der Waals surface area contributed by atoms with Gasteiger partial charge in [0, 0.05) is 11.6 Å². The molecule has 0 aromatic heterocycles. The predicted octanol–water partition coefficient (Wildman–Crippen LogP) is 0.515. The summed E-state index contributed by atoms with van der Waals surface area (Å²) in [5, 5.41) is 9.95. The molecule has 2 rings (SSSR count). The van der Waals surface area contributed by atoms with Crippen molar-refractivity contribution in [2.45, 2.75) is 52.0 Å². The minimum Gasteiger partial charge on any atom is -1.00 e. The monoisotopic (exact) mass is 300 g/mol. The summed E-state index contributed by atoms with van der Waals surface area (Å²) < 4.78 is 13.8. The molecule has 0 radical (unpaired) electrons. The van der Waals surface area contributed by atoms with Crippen molar-refractivity contribution in [2.75, 3.05) is 13.1 Å². The first-order valence-electron chi connectivity index (χ1n) is 7.40. The average Bonchev–Trinajstić information content (AvgIpc) is 2.42. The molecule has 114 valence electrons. The molecule has 0 fully saturated rings. The maximum atomic E-state index is 13.8. The highest BCUT2D eigenvalue weighted by atomic mass is 35.5. The first-order valence-corrected chi connectivity index (χ1v) is 7.40. The van der Waals surface area contributed by atoms with E-state index in [2.05, 4.69) is 18.7 Å². The molecule has 0 aliphatic heterocycles. The Morgan fingerprint density at radius 3 is 2.45 bits per heavy atom. The summed E-state index contributed by atoms with van der Waals surface area (Å²) in [4.78, 5) is 2.49. The van der Waals surface area contributed by atoms with Gasteiger partial charge in [0.05, 0.1) is 0 Å². The summed E-state index contributed by atoms with van der Waals surface area (Å²) in [5.41, 5.74) is 1.55. The molecule has 1 aromatic rings. The number of nitrogens with zero attached hydrogens (tertiary/aromatic N) is 1. The topological polar surface area (TPSA) is 23.5 Å². The highest BCUT2D eigenvalue weighted by molar-refractivity contribution is 5.42. The van der Waals surface area contributed by atoms with Gasteiger partial charge in [0.1, 0.15) is 11.6 Å². The van der Waals surface area contributed by atoms with Crippen molar-refractivity contribution in [1.29, 1.82) is 0 Å². The van der Waals surface area contributed by atoms with Gasteiger partial charge in [-0.1, -0.05) is 13.8 Å². The Labute approximate surface area is 127 Å². The maximum absolute atomic E-state index is 13.8. The number of halogens is 2. The zero-order valence-electron chi connectivity index (χ0n) is 12.3. The number of fused-ring (bicyclic) bond motifs is 1. The highest BCUT2D eigenvalue weighted by Crippen LogP contribution is 2.32. The normalized spacial score (nSPS) is 17.7. The number of hydrogen-bond donors (Lipinski definition) is 1. The van der Waals surface area contributed by atoms with Crippen LogP contribution in [-0.4, -0.2) is 29.1 Å². The summed E-state index contributed by atoms with van der Waals surface area (Å²) in [6, 6.07) is 3.31. The SMILES string of the molecule is CCCN(CCC)[C@H]1CCc2c(F)ccc(O)c2C1.[Cl-]. The van der Waals surface area contributed by atoms with Crippen molar-refractivity contribution in [3.8, 4) is 5.75 Å². The average molecular weight is 301 g/mol. The molecule has 0 heterocycles. The van der Waals surface area contributed by atoms with Crippen molar-refractivity contribution >= 4 is 0 Å². The zero-order valence-corrected chi connectivity index (χ0v) is 13.1. The van der Waals surface area contributed by atoms with Gasteiger partial charge in [0.25, 0.3) is 0 Å². The van der Waals surface area contributed by atoms with Gasteiger partial charge < -0.3 is 22.4 Å². The van der Waals surface area contributed by atoms with E-state index in [1.807, 2.05) is 0 Å². The largest absolute Gasteiger partial charge is 1.00 e. The third-order valence-corrected chi connectivity index (χ3v) is 4.05. The molecule has 1 aromatic carbocycles. The second-order valence-electron chi connectivity index (χ2n) is 5.46. The van der Waals surface area contributed by atoms with E-state index in [4.69, 9.17) is 0 Å². The molecule has 0 unspecified atom stereocenters. The number of phenolic OH excluding ortho intramolecular Hbond substituents is 1. The number of benzene rings is 1. The van der Waals surface area contributed by atoms with Gasteiger partial charge in [-0.2, -0.15) is 0 Å². The molecule has 4 heteroatoms. The molecule has 1 aliphatic rings. The molecule has 0 saturated heterocycles. The van der Waals surface area contributed by atoms with Crippen molar-refractivity contribution in [2.24, 2.45) is 0 Å². The van der Waals surface area contributed by atoms with E-state index in [0.717, 1.165) is 56.3 Å². The van der Waals surface area contributed by atoms with Crippen molar-refractivity contribution in [1.82, 2.24) is 4.90 Å². The molecular formula is C16H24ClFNO-. The van der Waals surface area contributed by atoms with Gasteiger partial charge in [-0.25, -0.2) is 4.39 Å². The molecule has 1 aliphatic carbocycles. The maximum Gasteiger partial charge on any atom is 0.126 e. The van der Waals surface area contributed by atoms with E-state index in [0.29, 0.717) is 6.04 Å². The standard InChI is InChI=1S/C16H24FNO.ClH/c1-3-9-18(10-4-2)12-5-6-13-14(11-12)16(19)8-7-15(13)17;/h7-8,12,19H,3-6,9-11H2,1-2H3;1H/p-1/t12-;/m0./s1. The van der Waals surface area contributed by atoms with Gasteiger partial charge in [-0.15, -0.1) is 0 Å². The first kappa shape index (κ1) is 17.3. The van der Waals surface area contributed by atoms with E-state index in [-0.39, 0.29) is 24.0 Å². The lowest BCUT2D eigenvalue weighted by atomic mass is 9.86. The van der Waals surface area contributed by atoms with Crippen LogP contribution in [0.2, 0.25) is 0 Å². The summed E-state index contributed by atoms with van der Waals surface area (Å²) in [6.45, 7) is 6.56.